The monoisotopic (exact) mass is 310 g/mol. The highest BCUT2D eigenvalue weighted by Crippen LogP contribution is 2.28. The summed E-state index contributed by atoms with van der Waals surface area (Å²) in [5, 5.41) is 3.90. The summed E-state index contributed by atoms with van der Waals surface area (Å²) in [4.78, 5) is 14.1. The van der Waals surface area contributed by atoms with Crippen LogP contribution in [0.5, 0.6) is 5.75 Å². The highest BCUT2D eigenvalue weighted by atomic mass is 35.5. The van der Waals surface area contributed by atoms with Crippen LogP contribution in [-0.2, 0) is 11.3 Å². The van der Waals surface area contributed by atoms with Crippen LogP contribution >= 0.6 is 11.6 Å². The number of likely N-dealkylation sites (N-methyl/N-ethyl adjacent to an activating group) is 1. The van der Waals surface area contributed by atoms with Gasteiger partial charge in [0.2, 0.25) is 0 Å². The molecule has 2 rings (SSSR count). The SMILES string of the molecule is CCNCc1c(Cl)cccc1OCC(=O)N(CC)C1CC1. The number of halogens is 1. The maximum Gasteiger partial charge on any atom is 0.260 e. The van der Waals surface area contributed by atoms with Crippen molar-refractivity contribution in [3.05, 3.63) is 28.8 Å². The van der Waals surface area contributed by atoms with Gasteiger partial charge < -0.3 is 15.0 Å². The van der Waals surface area contributed by atoms with E-state index in [0.717, 1.165) is 31.5 Å². The summed E-state index contributed by atoms with van der Waals surface area (Å²) in [5.41, 5.74) is 0.906. The summed E-state index contributed by atoms with van der Waals surface area (Å²) in [6.07, 6.45) is 2.23. The molecule has 0 bridgehead atoms. The molecule has 5 heteroatoms. The molecule has 4 nitrogen and oxygen atoms in total. The van der Waals surface area contributed by atoms with Crippen LogP contribution in [0, 0.1) is 0 Å². The van der Waals surface area contributed by atoms with Gasteiger partial charge in [0.15, 0.2) is 6.61 Å². The van der Waals surface area contributed by atoms with Crippen LogP contribution in [0.25, 0.3) is 0 Å². The number of hydrogen-bond donors (Lipinski definition) is 1. The molecule has 1 aromatic rings. The lowest BCUT2D eigenvalue weighted by molar-refractivity contribution is -0.133. The number of amides is 1. The second kappa shape index (κ2) is 7.66. The van der Waals surface area contributed by atoms with Gasteiger partial charge in [-0.1, -0.05) is 24.6 Å². The Bertz CT molecular complexity index is 489. The van der Waals surface area contributed by atoms with Crippen LogP contribution in [0.3, 0.4) is 0 Å². The van der Waals surface area contributed by atoms with Crippen molar-refractivity contribution in [1.82, 2.24) is 10.2 Å². The summed E-state index contributed by atoms with van der Waals surface area (Å²) in [6, 6.07) is 5.97. The van der Waals surface area contributed by atoms with Crippen LogP contribution in [0.15, 0.2) is 18.2 Å². The van der Waals surface area contributed by atoms with E-state index in [1.165, 1.54) is 0 Å². The standard InChI is InChI=1S/C16H23ClN2O2/c1-3-18-10-13-14(17)6-5-7-15(13)21-11-16(20)19(4-2)12-8-9-12/h5-7,12,18H,3-4,8-11H2,1-2H3. The summed E-state index contributed by atoms with van der Waals surface area (Å²) < 4.78 is 5.72. The molecule has 1 fully saturated rings. The molecule has 1 aliphatic rings. The van der Waals surface area contributed by atoms with Crippen molar-refractivity contribution in [3.63, 3.8) is 0 Å². The first-order valence-corrected chi connectivity index (χ1v) is 7.95. The molecule has 0 radical (unpaired) electrons. The quantitative estimate of drug-likeness (QED) is 0.803. The third-order valence-electron chi connectivity index (χ3n) is 3.63. The number of rotatable bonds is 8. The Morgan fingerprint density at radius 3 is 2.81 bits per heavy atom. The van der Waals surface area contributed by atoms with E-state index in [9.17, 15) is 4.79 Å². The summed E-state index contributed by atoms with van der Waals surface area (Å²) in [5.74, 6) is 0.734. The van der Waals surface area contributed by atoms with Gasteiger partial charge >= 0.3 is 0 Å². The minimum absolute atomic E-state index is 0.0503. The lowest BCUT2D eigenvalue weighted by atomic mass is 10.2. The minimum atomic E-state index is 0.0503. The Morgan fingerprint density at radius 2 is 2.19 bits per heavy atom. The van der Waals surface area contributed by atoms with Crippen molar-refractivity contribution < 1.29 is 9.53 Å². The predicted molar refractivity (Wildman–Crippen MR) is 84.7 cm³/mol. The fourth-order valence-electron chi connectivity index (χ4n) is 2.34. The van der Waals surface area contributed by atoms with Gasteiger partial charge in [0.1, 0.15) is 5.75 Å². The van der Waals surface area contributed by atoms with Gasteiger partial charge in [-0.3, -0.25) is 4.79 Å². The molecule has 1 saturated carbocycles. The first-order chi connectivity index (χ1) is 10.2. The maximum absolute atomic E-state index is 12.2. The van der Waals surface area contributed by atoms with E-state index in [4.69, 9.17) is 16.3 Å². The molecule has 0 aliphatic heterocycles. The third kappa shape index (κ3) is 4.35. The second-order valence-electron chi connectivity index (χ2n) is 5.20. The molecule has 1 aromatic carbocycles. The fraction of sp³-hybridized carbons (Fsp3) is 0.562. The van der Waals surface area contributed by atoms with Crippen LogP contribution in [0.1, 0.15) is 32.3 Å². The molecular weight excluding hydrogens is 288 g/mol. The number of carbonyl (C=O) groups is 1. The van der Waals surface area contributed by atoms with E-state index in [1.54, 1.807) is 0 Å². The van der Waals surface area contributed by atoms with Crippen molar-refractivity contribution in [2.45, 2.75) is 39.3 Å². The first kappa shape index (κ1) is 16.1. The number of ether oxygens (including phenoxy) is 1. The number of benzene rings is 1. The van der Waals surface area contributed by atoms with Crippen LogP contribution < -0.4 is 10.1 Å². The summed E-state index contributed by atoms with van der Waals surface area (Å²) in [6.45, 7) is 6.35. The van der Waals surface area contributed by atoms with Gasteiger partial charge in [-0.15, -0.1) is 0 Å². The Morgan fingerprint density at radius 1 is 1.43 bits per heavy atom. The Labute approximate surface area is 131 Å². The molecule has 0 atom stereocenters. The van der Waals surface area contributed by atoms with E-state index >= 15 is 0 Å². The number of nitrogens with one attached hydrogen (secondary N) is 1. The van der Waals surface area contributed by atoms with Gasteiger partial charge in [-0.05, 0) is 38.4 Å². The lowest BCUT2D eigenvalue weighted by Crippen LogP contribution is -2.36. The molecule has 116 valence electrons. The molecule has 0 saturated heterocycles. The van der Waals surface area contributed by atoms with E-state index in [0.29, 0.717) is 23.4 Å². The van der Waals surface area contributed by atoms with Gasteiger partial charge in [-0.2, -0.15) is 0 Å². The number of nitrogens with zero attached hydrogens (tertiary/aromatic N) is 1. The average molecular weight is 311 g/mol. The van der Waals surface area contributed by atoms with Crippen molar-refractivity contribution in [3.8, 4) is 5.75 Å². The third-order valence-corrected chi connectivity index (χ3v) is 3.98. The normalized spacial score (nSPS) is 14.0. The molecule has 0 aromatic heterocycles. The van der Waals surface area contributed by atoms with Crippen molar-refractivity contribution >= 4 is 17.5 Å². The topological polar surface area (TPSA) is 41.6 Å². The molecule has 0 unspecified atom stereocenters. The largest absolute Gasteiger partial charge is 0.483 e. The smallest absolute Gasteiger partial charge is 0.260 e. The Kier molecular flexibility index (Phi) is 5.88. The van der Waals surface area contributed by atoms with E-state index in [-0.39, 0.29) is 12.5 Å². The minimum Gasteiger partial charge on any atom is -0.483 e. The van der Waals surface area contributed by atoms with Gasteiger partial charge in [-0.25, -0.2) is 0 Å². The zero-order chi connectivity index (χ0) is 15.2. The zero-order valence-electron chi connectivity index (χ0n) is 12.7. The summed E-state index contributed by atoms with van der Waals surface area (Å²) >= 11 is 6.22. The first-order valence-electron chi connectivity index (χ1n) is 7.57. The molecule has 0 spiro atoms. The highest BCUT2D eigenvalue weighted by molar-refractivity contribution is 6.31. The van der Waals surface area contributed by atoms with Crippen LogP contribution in [0.2, 0.25) is 5.02 Å². The van der Waals surface area contributed by atoms with Crippen molar-refractivity contribution in [2.24, 2.45) is 0 Å². The van der Waals surface area contributed by atoms with Crippen LogP contribution in [0.4, 0.5) is 0 Å². The van der Waals surface area contributed by atoms with Crippen molar-refractivity contribution in [2.75, 3.05) is 19.7 Å². The van der Waals surface area contributed by atoms with Crippen LogP contribution in [-0.4, -0.2) is 36.5 Å². The predicted octanol–water partition coefficient (Wildman–Crippen LogP) is 2.84. The number of hydrogen-bond acceptors (Lipinski definition) is 3. The van der Waals surface area contributed by atoms with Crippen molar-refractivity contribution in [1.29, 1.82) is 0 Å². The van der Waals surface area contributed by atoms with E-state index in [1.807, 2.05) is 36.9 Å². The highest BCUT2D eigenvalue weighted by Gasteiger charge is 2.31. The molecule has 21 heavy (non-hydrogen) atoms. The maximum atomic E-state index is 12.2. The van der Waals surface area contributed by atoms with Gasteiger partial charge in [0, 0.05) is 29.7 Å². The van der Waals surface area contributed by atoms with E-state index in [2.05, 4.69) is 5.32 Å². The van der Waals surface area contributed by atoms with E-state index < -0.39 is 0 Å². The lowest BCUT2D eigenvalue weighted by Gasteiger charge is -2.21. The zero-order valence-corrected chi connectivity index (χ0v) is 13.4. The Balaban J connectivity index is 1.98. The molecule has 1 N–H and O–H groups in total. The average Bonchev–Trinajstić information content (AvgIpc) is 3.29. The molecular formula is C16H23ClN2O2. The number of carbonyl (C=O) groups excluding carboxylic acids is 1. The Hall–Kier alpha value is -1.26. The fourth-order valence-corrected chi connectivity index (χ4v) is 2.58. The molecule has 0 heterocycles. The second-order valence-corrected chi connectivity index (χ2v) is 5.60. The molecule has 1 aliphatic carbocycles. The molecule has 1 amide bonds. The van der Waals surface area contributed by atoms with Gasteiger partial charge in [0.05, 0.1) is 0 Å². The van der Waals surface area contributed by atoms with Gasteiger partial charge in [0.25, 0.3) is 5.91 Å². The summed E-state index contributed by atoms with van der Waals surface area (Å²) in [7, 11) is 0.